The summed E-state index contributed by atoms with van der Waals surface area (Å²) < 4.78 is 6.53. The van der Waals surface area contributed by atoms with Crippen LogP contribution < -0.4 is 4.90 Å². The van der Waals surface area contributed by atoms with Gasteiger partial charge in [0.15, 0.2) is 0 Å². The van der Waals surface area contributed by atoms with Gasteiger partial charge in [-0.2, -0.15) is 0 Å². The van der Waals surface area contributed by atoms with E-state index in [1.165, 1.54) is 21.9 Å². The molecule has 0 unspecified atom stereocenters. The van der Waals surface area contributed by atoms with Gasteiger partial charge in [-0.3, -0.25) is 0 Å². The molecule has 0 radical (unpaired) electrons. The van der Waals surface area contributed by atoms with Gasteiger partial charge in [-0.1, -0.05) is 146 Å². The number of benzene rings is 8. The molecule has 0 aliphatic heterocycles. The number of anilines is 3. The van der Waals surface area contributed by atoms with Crippen molar-refractivity contribution in [2.45, 2.75) is 0 Å². The Morgan fingerprint density at radius 1 is 0.320 bits per heavy atom. The standard InChI is InChI=1S/C48H33NO/c1-3-13-37(14-4-1)47-45-20-9-10-21-46(45)50-48(47)41-17-11-16-39(33-41)35-24-28-43(29-25-35)49(42-18-5-2-6-19-42)44-30-26-36(27-31-44)40-23-22-34-12-7-8-15-38(34)32-40/h1-33H. The second kappa shape index (κ2) is 12.8. The van der Waals surface area contributed by atoms with E-state index in [1.54, 1.807) is 0 Å². The first-order valence-electron chi connectivity index (χ1n) is 17.0. The molecule has 9 rings (SSSR count). The molecule has 0 N–H and O–H groups in total. The Morgan fingerprint density at radius 3 is 1.56 bits per heavy atom. The zero-order valence-corrected chi connectivity index (χ0v) is 27.4. The van der Waals surface area contributed by atoms with Crippen molar-refractivity contribution in [2.75, 3.05) is 4.90 Å². The first kappa shape index (κ1) is 29.5. The summed E-state index contributed by atoms with van der Waals surface area (Å²) in [6.07, 6.45) is 0. The Morgan fingerprint density at radius 2 is 0.840 bits per heavy atom. The molecule has 2 heteroatoms. The minimum Gasteiger partial charge on any atom is -0.455 e. The first-order valence-corrected chi connectivity index (χ1v) is 17.0. The van der Waals surface area contributed by atoms with Crippen LogP contribution >= 0.6 is 0 Å². The van der Waals surface area contributed by atoms with Crippen molar-refractivity contribution in [2.24, 2.45) is 0 Å². The molecule has 2 nitrogen and oxygen atoms in total. The van der Waals surface area contributed by atoms with Gasteiger partial charge < -0.3 is 9.32 Å². The SMILES string of the molecule is c1ccc(-c2c(-c3cccc(-c4ccc(N(c5ccccc5)c5ccc(-c6ccc7ccccc7c6)cc5)cc4)c3)oc3ccccc23)cc1. The van der Waals surface area contributed by atoms with Gasteiger partial charge in [-0.25, -0.2) is 0 Å². The average Bonchev–Trinajstić information content (AvgIpc) is 3.59. The highest BCUT2D eigenvalue weighted by Crippen LogP contribution is 2.42. The van der Waals surface area contributed by atoms with Gasteiger partial charge in [0.1, 0.15) is 11.3 Å². The van der Waals surface area contributed by atoms with Gasteiger partial charge in [0.25, 0.3) is 0 Å². The molecule has 9 aromatic rings. The molecule has 50 heavy (non-hydrogen) atoms. The van der Waals surface area contributed by atoms with Crippen LogP contribution in [0, 0.1) is 0 Å². The Bertz CT molecular complexity index is 2570. The average molecular weight is 640 g/mol. The number of para-hydroxylation sites is 2. The van der Waals surface area contributed by atoms with E-state index in [4.69, 9.17) is 4.42 Å². The minimum atomic E-state index is 0.887. The van der Waals surface area contributed by atoms with E-state index in [1.807, 2.05) is 12.1 Å². The summed E-state index contributed by atoms with van der Waals surface area (Å²) in [6, 6.07) is 70.9. The van der Waals surface area contributed by atoms with E-state index < -0.39 is 0 Å². The summed E-state index contributed by atoms with van der Waals surface area (Å²) in [7, 11) is 0. The molecule has 0 saturated heterocycles. The molecule has 0 spiro atoms. The number of fused-ring (bicyclic) bond motifs is 2. The van der Waals surface area contributed by atoms with Crippen molar-refractivity contribution in [3.63, 3.8) is 0 Å². The van der Waals surface area contributed by atoms with Gasteiger partial charge in [0.05, 0.1) is 0 Å². The van der Waals surface area contributed by atoms with Crippen LogP contribution in [0.15, 0.2) is 205 Å². The minimum absolute atomic E-state index is 0.887. The Balaban J connectivity index is 1.06. The van der Waals surface area contributed by atoms with Crippen LogP contribution in [0.5, 0.6) is 0 Å². The molecule has 0 amide bonds. The molecule has 0 fully saturated rings. The Hall–Kier alpha value is -6.64. The van der Waals surface area contributed by atoms with E-state index in [9.17, 15) is 0 Å². The third kappa shape index (κ3) is 5.53. The fraction of sp³-hybridized carbons (Fsp3) is 0. The van der Waals surface area contributed by atoms with Crippen molar-refractivity contribution < 1.29 is 4.42 Å². The lowest BCUT2D eigenvalue weighted by Gasteiger charge is -2.26. The van der Waals surface area contributed by atoms with Gasteiger partial charge in [-0.05, 0) is 93.2 Å². The molecule has 0 bridgehead atoms. The van der Waals surface area contributed by atoms with Crippen LogP contribution in [0.2, 0.25) is 0 Å². The van der Waals surface area contributed by atoms with Crippen molar-refractivity contribution >= 4 is 38.8 Å². The summed E-state index contributed by atoms with van der Waals surface area (Å²) in [5.74, 6) is 0.887. The quantitative estimate of drug-likeness (QED) is 0.173. The van der Waals surface area contributed by atoms with Gasteiger partial charge in [-0.15, -0.1) is 0 Å². The van der Waals surface area contributed by atoms with Gasteiger partial charge in [0, 0.05) is 33.6 Å². The van der Waals surface area contributed by atoms with E-state index in [-0.39, 0.29) is 0 Å². The van der Waals surface area contributed by atoms with Crippen molar-refractivity contribution in [1.29, 1.82) is 0 Å². The molecule has 1 aromatic heterocycles. The van der Waals surface area contributed by atoms with Gasteiger partial charge >= 0.3 is 0 Å². The maximum Gasteiger partial charge on any atom is 0.143 e. The second-order valence-electron chi connectivity index (χ2n) is 12.6. The molecule has 0 saturated carbocycles. The molecule has 8 aromatic carbocycles. The zero-order chi connectivity index (χ0) is 33.3. The normalized spacial score (nSPS) is 11.2. The summed E-state index contributed by atoms with van der Waals surface area (Å²) in [5.41, 5.74) is 12.2. The van der Waals surface area contributed by atoms with E-state index >= 15 is 0 Å². The lowest BCUT2D eigenvalue weighted by Crippen LogP contribution is -2.09. The smallest absolute Gasteiger partial charge is 0.143 e. The largest absolute Gasteiger partial charge is 0.455 e. The number of hydrogen-bond acceptors (Lipinski definition) is 2. The number of hydrogen-bond donors (Lipinski definition) is 0. The van der Waals surface area contributed by atoms with E-state index in [2.05, 4.69) is 193 Å². The topological polar surface area (TPSA) is 16.4 Å². The third-order valence-electron chi connectivity index (χ3n) is 9.46. The Kier molecular flexibility index (Phi) is 7.53. The monoisotopic (exact) mass is 639 g/mol. The van der Waals surface area contributed by atoms with Crippen LogP contribution in [-0.2, 0) is 0 Å². The van der Waals surface area contributed by atoms with Crippen molar-refractivity contribution in [1.82, 2.24) is 0 Å². The molecule has 1 heterocycles. The number of rotatable bonds is 7. The highest BCUT2D eigenvalue weighted by molar-refractivity contribution is 6.02. The molecule has 0 aliphatic rings. The third-order valence-corrected chi connectivity index (χ3v) is 9.46. The summed E-state index contributed by atoms with van der Waals surface area (Å²) in [5, 5.41) is 3.62. The molecular formula is C48H33NO. The van der Waals surface area contributed by atoms with E-state index in [0.717, 1.165) is 61.6 Å². The van der Waals surface area contributed by atoms with Crippen LogP contribution in [-0.4, -0.2) is 0 Å². The Labute approximate surface area is 292 Å². The summed E-state index contributed by atoms with van der Waals surface area (Å²) in [4.78, 5) is 2.31. The van der Waals surface area contributed by atoms with Crippen molar-refractivity contribution in [3.8, 4) is 44.7 Å². The fourth-order valence-corrected chi connectivity index (χ4v) is 6.98. The predicted molar refractivity (Wildman–Crippen MR) is 210 cm³/mol. The van der Waals surface area contributed by atoms with Crippen LogP contribution in [0.4, 0.5) is 17.1 Å². The molecule has 236 valence electrons. The second-order valence-corrected chi connectivity index (χ2v) is 12.6. The summed E-state index contributed by atoms with van der Waals surface area (Å²) in [6.45, 7) is 0. The van der Waals surface area contributed by atoms with Crippen LogP contribution in [0.1, 0.15) is 0 Å². The van der Waals surface area contributed by atoms with E-state index in [0.29, 0.717) is 0 Å². The van der Waals surface area contributed by atoms with Crippen molar-refractivity contribution in [3.05, 3.63) is 200 Å². The highest BCUT2D eigenvalue weighted by Gasteiger charge is 2.18. The van der Waals surface area contributed by atoms with Gasteiger partial charge in [0.2, 0.25) is 0 Å². The predicted octanol–water partition coefficient (Wildman–Crippen LogP) is 13.7. The molecular weight excluding hydrogens is 607 g/mol. The highest BCUT2D eigenvalue weighted by atomic mass is 16.3. The summed E-state index contributed by atoms with van der Waals surface area (Å²) >= 11 is 0. The van der Waals surface area contributed by atoms with Crippen LogP contribution in [0.3, 0.4) is 0 Å². The lowest BCUT2D eigenvalue weighted by atomic mass is 9.96. The maximum atomic E-state index is 6.53. The van der Waals surface area contributed by atoms with Crippen LogP contribution in [0.25, 0.3) is 66.4 Å². The lowest BCUT2D eigenvalue weighted by molar-refractivity contribution is 0.632. The first-order chi connectivity index (χ1) is 24.8. The zero-order valence-electron chi connectivity index (χ0n) is 27.4. The number of nitrogens with zero attached hydrogens (tertiary/aromatic N) is 1. The molecule has 0 atom stereocenters. The maximum absolute atomic E-state index is 6.53. The number of furan rings is 1. The molecule has 0 aliphatic carbocycles. The fourth-order valence-electron chi connectivity index (χ4n) is 6.98.